The largest absolute Gasteiger partial charge is 0.441 e. The molecule has 3 aromatic rings. The standard InChI is InChI=1S/C19H17NO4S/c1-13(21)15-8-10-16(11-9-15)19-20-18(14(2)24-19)12-25(22,23)17-6-4-3-5-7-17/h3-11H,12H2,1-2H3. The number of Topliss-reactive ketones (excluding diaryl/α,β-unsaturated/α-hetero) is 1. The molecular weight excluding hydrogens is 338 g/mol. The second-order valence-electron chi connectivity index (χ2n) is 5.73. The van der Waals surface area contributed by atoms with Gasteiger partial charge in [-0.3, -0.25) is 4.79 Å². The van der Waals surface area contributed by atoms with Crippen LogP contribution in [0.3, 0.4) is 0 Å². The van der Waals surface area contributed by atoms with Gasteiger partial charge in [-0.2, -0.15) is 0 Å². The molecule has 0 bridgehead atoms. The fourth-order valence-electron chi connectivity index (χ4n) is 2.42. The molecule has 0 spiro atoms. The SMILES string of the molecule is CC(=O)c1ccc(-c2nc(CS(=O)(=O)c3ccccc3)c(C)o2)cc1. The highest BCUT2D eigenvalue weighted by Crippen LogP contribution is 2.25. The van der Waals surface area contributed by atoms with Crippen LogP contribution in [-0.2, 0) is 15.6 Å². The lowest BCUT2D eigenvalue weighted by Gasteiger charge is -2.02. The maximum Gasteiger partial charge on any atom is 0.226 e. The van der Waals surface area contributed by atoms with E-state index in [0.717, 1.165) is 0 Å². The van der Waals surface area contributed by atoms with Crippen LogP contribution in [0.2, 0.25) is 0 Å². The van der Waals surface area contributed by atoms with Gasteiger partial charge >= 0.3 is 0 Å². The van der Waals surface area contributed by atoms with Crippen LogP contribution in [0.25, 0.3) is 11.5 Å². The molecule has 0 atom stereocenters. The Bertz CT molecular complexity index is 1000. The second-order valence-corrected chi connectivity index (χ2v) is 7.72. The summed E-state index contributed by atoms with van der Waals surface area (Å²) in [6.07, 6.45) is 0. The summed E-state index contributed by atoms with van der Waals surface area (Å²) < 4.78 is 30.6. The molecule has 0 aliphatic rings. The number of hydrogen-bond donors (Lipinski definition) is 0. The summed E-state index contributed by atoms with van der Waals surface area (Å²) in [6, 6.07) is 15.1. The molecule has 0 aliphatic heterocycles. The number of carbonyl (C=O) groups excluding carboxylic acids is 1. The molecule has 0 N–H and O–H groups in total. The third-order valence-corrected chi connectivity index (χ3v) is 5.50. The first-order valence-electron chi connectivity index (χ1n) is 7.72. The summed E-state index contributed by atoms with van der Waals surface area (Å²) in [4.78, 5) is 15.9. The molecule has 0 amide bonds. The van der Waals surface area contributed by atoms with Gasteiger partial charge in [0.05, 0.1) is 10.6 Å². The molecule has 25 heavy (non-hydrogen) atoms. The Hall–Kier alpha value is -2.73. The van der Waals surface area contributed by atoms with E-state index in [1.54, 1.807) is 61.5 Å². The van der Waals surface area contributed by atoms with Crippen molar-refractivity contribution >= 4 is 15.6 Å². The third-order valence-electron chi connectivity index (χ3n) is 3.86. The van der Waals surface area contributed by atoms with E-state index in [9.17, 15) is 13.2 Å². The van der Waals surface area contributed by atoms with E-state index >= 15 is 0 Å². The topological polar surface area (TPSA) is 77.2 Å². The Labute approximate surface area is 146 Å². The van der Waals surface area contributed by atoms with E-state index in [1.165, 1.54) is 6.92 Å². The van der Waals surface area contributed by atoms with Gasteiger partial charge in [0.2, 0.25) is 5.89 Å². The Morgan fingerprint density at radius 2 is 1.68 bits per heavy atom. The number of aromatic nitrogens is 1. The van der Waals surface area contributed by atoms with E-state index in [1.807, 2.05) is 0 Å². The van der Waals surface area contributed by atoms with E-state index < -0.39 is 9.84 Å². The van der Waals surface area contributed by atoms with Gasteiger partial charge in [-0.25, -0.2) is 13.4 Å². The van der Waals surface area contributed by atoms with Crippen molar-refractivity contribution in [1.82, 2.24) is 4.98 Å². The van der Waals surface area contributed by atoms with Crippen LogP contribution in [0.15, 0.2) is 63.9 Å². The summed E-state index contributed by atoms with van der Waals surface area (Å²) in [5.74, 6) is 0.554. The van der Waals surface area contributed by atoms with Gasteiger partial charge in [-0.15, -0.1) is 0 Å². The molecule has 5 nitrogen and oxygen atoms in total. The number of sulfone groups is 1. The average molecular weight is 355 g/mol. The van der Waals surface area contributed by atoms with Crippen LogP contribution in [0, 0.1) is 6.92 Å². The normalized spacial score (nSPS) is 11.4. The summed E-state index contributed by atoms with van der Waals surface area (Å²) in [6.45, 7) is 3.19. The lowest BCUT2D eigenvalue weighted by atomic mass is 10.1. The van der Waals surface area contributed by atoms with Crippen molar-refractivity contribution in [2.24, 2.45) is 0 Å². The highest BCUT2D eigenvalue weighted by atomic mass is 32.2. The van der Waals surface area contributed by atoms with Gasteiger partial charge in [-0.1, -0.05) is 30.3 Å². The quantitative estimate of drug-likeness (QED) is 0.650. The van der Waals surface area contributed by atoms with Crippen LogP contribution in [0.5, 0.6) is 0 Å². The minimum atomic E-state index is -3.49. The number of oxazole rings is 1. The Morgan fingerprint density at radius 3 is 2.28 bits per heavy atom. The number of carbonyl (C=O) groups is 1. The van der Waals surface area contributed by atoms with Gasteiger partial charge in [0.1, 0.15) is 11.5 Å². The summed E-state index contributed by atoms with van der Waals surface area (Å²) in [5, 5.41) is 0. The molecule has 6 heteroatoms. The number of ketones is 1. The smallest absolute Gasteiger partial charge is 0.226 e. The number of hydrogen-bond acceptors (Lipinski definition) is 5. The molecule has 0 radical (unpaired) electrons. The van der Waals surface area contributed by atoms with E-state index in [4.69, 9.17) is 4.42 Å². The van der Waals surface area contributed by atoms with Gasteiger partial charge in [-0.05, 0) is 38.1 Å². The van der Waals surface area contributed by atoms with Gasteiger partial charge in [0, 0.05) is 11.1 Å². The lowest BCUT2D eigenvalue weighted by molar-refractivity contribution is 0.101. The molecular formula is C19H17NO4S. The minimum absolute atomic E-state index is 0.0234. The fourth-order valence-corrected chi connectivity index (χ4v) is 3.79. The van der Waals surface area contributed by atoms with E-state index in [2.05, 4.69) is 4.98 Å². The zero-order chi connectivity index (χ0) is 18.0. The predicted molar refractivity (Wildman–Crippen MR) is 94.0 cm³/mol. The Morgan fingerprint density at radius 1 is 1.04 bits per heavy atom. The van der Waals surface area contributed by atoms with E-state index in [0.29, 0.717) is 28.5 Å². The highest BCUT2D eigenvalue weighted by Gasteiger charge is 2.20. The maximum absolute atomic E-state index is 12.5. The highest BCUT2D eigenvalue weighted by molar-refractivity contribution is 7.90. The molecule has 1 aromatic heterocycles. The molecule has 0 aliphatic carbocycles. The molecule has 0 unspecified atom stereocenters. The van der Waals surface area contributed by atoms with Crippen molar-refractivity contribution in [1.29, 1.82) is 0 Å². The van der Waals surface area contributed by atoms with Gasteiger partial charge in [0.15, 0.2) is 15.6 Å². The van der Waals surface area contributed by atoms with Crippen molar-refractivity contribution in [2.45, 2.75) is 24.5 Å². The first kappa shape index (κ1) is 17.1. The zero-order valence-electron chi connectivity index (χ0n) is 13.9. The van der Waals surface area contributed by atoms with Gasteiger partial charge < -0.3 is 4.42 Å². The average Bonchev–Trinajstić information content (AvgIpc) is 2.96. The van der Waals surface area contributed by atoms with Crippen LogP contribution in [-0.4, -0.2) is 19.2 Å². The molecule has 2 aromatic carbocycles. The Kier molecular flexibility index (Phi) is 4.55. The van der Waals surface area contributed by atoms with Crippen LogP contribution >= 0.6 is 0 Å². The van der Waals surface area contributed by atoms with Crippen molar-refractivity contribution in [3.05, 3.63) is 71.6 Å². The summed E-state index contributed by atoms with van der Waals surface area (Å²) in [7, 11) is -3.49. The summed E-state index contributed by atoms with van der Waals surface area (Å²) >= 11 is 0. The first-order valence-corrected chi connectivity index (χ1v) is 9.37. The molecule has 0 saturated heterocycles. The molecule has 128 valence electrons. The second kappa shape index (κ2) is 6.64. The van der Waals surface area contributed by atoms with Crippen molar-refractivity contribution in [3.63, 3.8) is 0 Å². The van der Waals surface area contributed by atoms with E-state index in [-0.39, 0.29) is 16.4 Å². The molecule has 1 heterocycles. The predicted octanol–water partition coefficient (Wildman–Crippen LogP) is 3.83. The monoisotopic (exact) mass is 355 g/mol. The minimum Gasteiger partial charge on any atom is -0.441 e. The molecule has 3 rings (SSSR count). The first-order chi connectivity index (χ1) is 11.9. The number of nitrogens with zero attached hydrogens (tertiary/aromatic N) is 1. The van der Waals surface area contributed by atoms with Crippen molar-refractivity contribution in [2.75, 3.05) is 0 Å². The van der Waals surface area contributed by atoms with Crippen LogP contribution in [0.4, 0.5) is 0 Å². The summed E-state index contributed by atoms with van der Waals surface area (Å²) in [5.41, 5.74) is 1.67. The molecule has 0 saturated carbocycles. The number of rotatable bonds is 5. The molecule has 0 fully saturated rings. The number of aryl methyl sites for hydroxylation is 1. The lowest BCUT2D eigenvalue weighted by Crippen LogP contribution is -2.06. The van der Waals surface area contributed by atoms with Gasteiger partial charge in [0.25, 0.3) is 0 Å². The Balaban J connectivity index is 1.89. The van der Waals surface area contributed by atoms with Crippen molar-refractivity contribution < 1.29 is 17.6 Å². The maximum atomic E-state index is 12.5. The zero-order valence-corrected chi connectivity index (χ0v) is 14.7. The third kappa shape index (κ3) is 3.69. The van der Waals surface area contributed by atoms with Crippen molar-refractivity contribution in [3.8, 4) is 11.5 Å². The number of benzene rings is 2. The van der Waals surface area contributed by atoms with Crippen LogP contribution in [0.1, 0.15) is 28.7 Å². The van der Waals surface area contributed by atoms with Crippen LogP contribution < -0.4 is 0 Å². The fraction of sp³-hybridized carbons (Fsp3) is 0.158.